The van der Waals surface area contributed by atoms with Gasteiger partial charge < -0.3 is 5.32 Å². The molecule has 4 nitrogen and oxygen atoms in total. The van der Waals surface area contributed by atoms with Gasteiger partial charge in [-0.25, -0.2) is 15.0 Å². The van der Waals surface area contributed by atoms with Crippen molar-refractivity contribution in [3.63, 3.8) is 0 Å². The van der Waals surface area contributed by atoms with Crippen LogP contribution in [0.5, 0.6) is 0 Å². The summed E-state index contributed by atoms with van der Waals surface area (Å²) >= 11 is 1.67. The zero-order valence-corrected chi connectivity index (χ0v) is 12.1. The van der Waals surface area contributed by atoms with E-state index in [9.17, 15) is 0 Å². The molecule has 2 heterocycles. The second kappa shape index (κ2) is 5.54. The Balaban J connectivity index is 2.25. The van der Waals surface area contributed by atoms with E-state index < -0.39 is 0 Å². The highest BCUT2D eigenvalue weighted by molar-refractivity contribution is 7.09. The van der Waals surface area contributed by atoms with Crippen molar-refractivity contribution in [3.8, 4) is 0 Å². The minimum Gasteiger partial charge on any atom is -0.316 e. The molecule has 0 atom stereocenters. The van der Waals surface area contributed by atoms with Gasteiger partial charge in [0.2, 0.25) is 0 Å². The molecule has 1 N–H and O–H groups in total. The summed E-state index contributed by atoms with van der Waals surface area (Å²) in [5, 5.41) is 6.28. The van der Waals surface area contributed by atoms with Gasteiger partial charge in [-0.15, -0.1) is 11.3 Å². The maximum absolute atomic E-state index is 4.57. The van der Waals surface area contributed by atoms with Crippen molar-refractivity contribution in [2.75, 3.05) is 7.05 Å². The summed E-state index contributed by atoms with van der Waals surface area (Å²) in [6.07, 6.45) is 0.722. The Morgan fingerprint density at radius 1 is 1.11 bits per heavy atom. The van der Waals surface area contributed by atoms with Crippen LogP contribution in [0, 0.1) is 20.8 Å². The van der Waals surface area contributed by atoms with Gasteiger partial charge in [0.1, 0.15) is 10.8 Å². The van der Waals surface area contributed by atoms with Crippen LogP contribution in [0.1, 0.15) is 33.5 Å². The molecule has 0 aliphatic carbocycles. The fourth-order valence-electron chi connectivity index (χ4n) is 1.94. The first-order valence-electron chi connectivity index (χ1n) is 5.98. The molecule has 5 heteroatoms. The topological polar surface area (TPSA) is 50.7 Å². The molecule has 2 aromatic heterocycles. The fraction of sp³-hybridized carbons (Fsp3) is 0.462. The summed E-state index contributed by atoms with van der Waals surface area (Å²) in [5.74, 6) is 0.860. The van der Waals surface area contributed by atoms with E-state index in [0.29, 0.717) is 0 Å². The molecule has 0 aliphatic rings. The molecule has 0 saturated carbocycles. The highest BCUT2D eigenvalue weighted by Crippen LogP contribution is 2.15. The molecule has 2 rings (SSSR count). The first-order chi connectivity index (χ1) is 8.60. The monoisotopic (exact) mass is 262 g/mol. The number of aromatic nitrogens is 3. The molecular formula is C13H18N4S. The van der Waals surface area contributed by atoms with Crippen LogP contribution in [-0.2, 0) is 13.0 Å². The fourth-order valence-corrected chi connectivity index (χ4v) is 2.71. The Labute approximate surface area is 112 Å². The van der Waals surface area contributed by atoms with Crippen LogP contribution in [0.25, 0.3) is 0 Å². The molecule has 0 spiro atoms. The lowest BCUT2D eigenvalue weighted by Gasteiger charge is -2.09. The lowest BCUT2D eigenvalue weighted by atomic mass is 10.1. The summed E-state index contributed by atoms with van der Waals surface area (Å²) in [4.78, 5) is 13.6. The van der Waals surface area contributed by atoms with Gasteiger partial charge in [-0.05, 0) is 27.8 Å². The average molecular weight is 262 g/mol. The molecular weight excluding hydrogens is 244 g/mol. The van der Waals surface area contributed by atoms with Crippen molar-refractivity contribution in [1.82, 2.24) is 20.3 Å². The van der Waals surface area contributed by atoms with Crippen LogP contribution in [-0.4, -0.2) is 22.0 Å². The molecule has 0 aliphatic heterocycles. The normalized spacial score (nSPS) is 10.9. The lowest BCUT2D eigenvalue weighted by molar-refractivity contribution is 0.773. The highest BCUT2D eigenvalue weighted by atomic mass is 32.1. The number of hydrogen-bond donors (Lipinski definition) is 1. The summed E-state index contributed by atoms with van der Waals surface area (Å²) in [7, 11) is 1.94. The van der Waals surface area contributed by atoms with Crippen molar-refractivity contribution in [2.24, 2.45) is 0 Å². The van der Waals surface area contributed by atoms with E-state index in [-0.39, 0.29) is 0 Å². The molecule has 0 saturated heterocycles. The molecule has 0 bridgehead atoms. The SMILES string of the molecule is CNCc1c(C)nc(Cc2nc(C)cs2)nc1C. The van der Waals surface area contributed by atoms with E-state index in [0.717, 1.165) is 40.9 Å². The summed E-state index contributed by atoms with van der Waals surface area (Å²) in [6.45, 7) is 6.90. The van der Waals surface area contributed by atoms with Gasteiger partial charge in [0, 0.05) is 34.6 Å². The van der Waals surface area contributed by atoms with Gasteiger partial charge in [-0.1, -0.05) is 0 Å². The van der Waals surface area contributed by atoms with Crippen LogP contribution in [0.3, 0.4) is 0 Å². The Morgan fingerprint density at radius 2 is 1.78 bits per heavy atom. The Bertz CT molecular complexity index is 525. The molecule has 0 unspecified atom stereocenters. The first kappa shape index (κ1) is 13.1. The third-order valence-electron chi connectivity index (χ3n) is 2.80. The number of aryl methyl sites for hydroxylation is 3. The van der Waals surface area contributed by atoms with Crippen molar-refractivity contribution >= 4 is 11.3 Å². The van der Waals surface area contributed by atoms with E-state index >= 15 is 0 Å². The zero-order valence-electron chi connectivity index (χ0n) is 11.2. The smallest absolute Gasteiger partial charge is 0.135 e. The minimum atomic E-state index is 0.722. The van der Waals surface area contributed by atoms with E-state index in [1.807, 2.05) is 27.8 Å². The van der Waals surface area contributed by atoms with Gasteiger partial charge in [0.15, 0.2) is 0 Å². The van der Waals surface area contributed by atoms with Crippen LogP contribution in [0.2, 0.25) is 0 Å². The zero-order chi connectivity index (χ0) is 13.1. The number of nitrogens with zero attached hydrogens (tertiary/aromatic N) is 3. The Hall–Kier alpha value is -1.33. The van der Waals surface area contributed by atoms with E-state index in [1.54, 1.807) is 11.3 Å². The summed E-state index contributed by atoms with van der Waals surface area (Å²) < 4.78 is 0. The third-order valence-corrected chi connectivity index (χ3v) is 3.76. The predicted molar refractivity (Wildman–Crippen MR) is 73.9 cm³/mol. The van der Waals surface area contributed by atoms with E-state index in [4.69, 9.17) is 0 Å². The average Bonchev–Trinajstić information content (AvgIpc) is 2.69. The van der Waals surface area contributed by atoms with Crippen LogP contribution in [0.15, 0.2) is 5.38 Å². The minimum absolute atomic E-state index is 0.722. The van der Waals surface area contributed by atoms with Gasteiger partial charge in [0.25, 0.3) is 0 Å². The largest absolute Gasteiger partial charge is 0.316 e. The predicted octanol–water partition coefficient (Wildman–Crippen LogP) is 2.17. The standard InChI is InChI=1S/C13H18N4S/c1-8-7-18-13(15-8)5-12-16-9(2)11(6-14-4)10(3)17-12/h7,14H,5-6H2,1-4H3. The lowest BCUT2D eigenvalue weighted by Crippen LogP contribution is -2.12. The Kier molecular flexibility index (Phi) is 4.04. The van der Waals surface area contributed by atoms with Gasteiger partial charge in [-0.3, -0.25) is 0 Å². The van der Waals surface area contributed by atoms with Gasteiger partial charge in [-0.2, -0.15) is 0 Å². The molecule has 18 heavy (non-hydrogen) atoms. The molecule has 0 fully saturated rings. The van der Waals surface area contributed by atoms with Gasteiger partial charge in [0.05, 0.1) is 6.42 Å². The molecule has 96 valence electrons. The van der Waals surface area contributed by atoms with Crippen LogP contribution < -0.4 is 5.32 Å². The van der Waals surface area contributed by atoms with Crippen molar-refractivity contribution in [3.05, 3.63) is 38.9 Å². The maximum Gasteiger partial charge on any atom is 0.135 e. The number of nitrogens with one attached hydrogen (secondary N) is 1. The van der Waals surface area contributed by atoms with Crippen molar-refractivity contribution < 1.29 is 0 Å². The third kappa shape index (κ3) is 2.91. The molecule has 0 aromatic carbocycles. The van der Waals surface area contributed by atoms with Gasteiger partial charge >= 0.3 is 0 Å². The first-order valence-corrected chi connectivity index (χ1v) is 6.86. The van der Waals surface area contributed by atoms with Crippen LogP contribution >= 0.6 is 11.3 Å². The number of thiazole rings is 1. The van der Waals surface area contributed by atoms with Crippen LogP contribution in [0.4, 0.5) is 0 Å². The van der Waals surface area contributed by atoms with Crippen molar-refractivity contribution in [2.45, 2.75) is 33.7 Å². The molecule has 0 radical (unpaired) electrons. The Morgan fingerprint density at radius 3 is 2.28 bits per heavy atom. The molecule has 0 amide bonds. The maximum atomic E-state index is 4.57. The van der Waals surface area contributed by atoms with Crippen molar-refractivity contribution in [1.29, 1.82) is 0 Å². The number of hydrogen-bond acceptors (Lipinski definition) is 5. The second-order valence-corrected chi connectivity index (χ2v) is 5.32. The van der Waals surface area contributed by atoms with E-state index in [1.165, 1.54) is 5.56 Å². The second-order valence-electron chi connectivity index (χ2n) is 4.38. The quantitative estimate of drug-likeness (QED) is 0.917. The molecule has 2 aromatic rings. The summed E-state index contributed by atoms with van der Waals surface area (Å²) in [5.41, 5.74) is 4.37. The number of rotatable bonds is 4. The highest BCUT2D eigenvalue weighted by Gasteiger charge is 2.09. The van der Waals surface area contributed by atoms with E-state index in [2.05, 4.69) is 25.6 Å². The summed E-state index contributed by atoms with van der Waals surface area (Å²) in [6, 6.07) is 0.